The summed E-state index contributed by atoms with van der Waals surface area (Å²) in [7, 11) is 0. The first-order valence-corrected chi connectivity index (χ1v) is 10.2. The molecular formula is C20H23N5O2S. The zero-order valence-corrected chi connectivity index (χ0v) is 17.2. The first-order valence-electron chi connectivity index (χ1n) is 9.24. The van der Waals surface area contributed by atoms with Gasteiger partial charge in [-0.05, 0) is 45.4 Å². The van der Waals surface area contributed by atoms with Crippen LogP contribution < -0.4 is 10.9 Å². The second-order valence-electron chi connectivity index (χ2n) is 8.12. The molecule has 0 aliphatic carbocycles. The van der Waals surface area contributed by atoms with E-state index in [4.69, 9.17) is 4.98 Å². The van der Waals surface area contributed by atoms with Crippen LogP contribution in [0.3, 0.4) is 0 Å². The predicted octanol–water partition coefficient (Wildman–Crippen LogP) is 3.33. The van der Waals surface area contributed by atoms with Crippen LogP contribution in [0, 0.1) is 6.92 Å². The highest BCUT2D eigenvalue weighted by molar-refractivity contribution is 7.99. The van der Waals surface area contributed by atoms with E-state index in [9.17, 15) is 9.59 Å². The number of rotatable bonds is 3. The molecule has 28 heavy (non-hydrogen) atoms. The molecule has 2 aromatic heterocycles. The minimum atomic E-state index is -0.267. The molecule has 1 amide bonds. The summed E-state index contributed by atoms with van der Waals surface area (Å²) in [5.74, 6) is 0.542. The van der Waals surface area contributed by atoms with E-state index in [2.05, 4.69) is 10.4 Å². The zero-order valence-electron chi connectivity index (χ0n) is 16.4. The van der Waals surface area contributed by atoms with Gasteiger partial charge in [0.25, 0.3) is 5.56 Å². The van der Waals surface area contributed by atoms with Crippen molar-refractivity contribution < 1.29 is 4.79 Å². The summed E-state index contributed by atoms with van der Waals surface area (Å²) in [4.78, 5) is 30.3. The van der Waals surface area contributed by atoms with Crippen LogP contribution in [-0.2, 0) is 10.3 Å². The molecule has 0 spiro atoms. The SMILES string of the molecule is Cc1cccc(NC(=O)CC2CSc3nc4c(cnn4C(C)(C)C)c(=O)n32)c1. The van der Waals surface area contributed by atoms with Crippen LogP contribution in [0.4, 0.5) is 5.69 Å². The van der Waals surface area contributed by atoms with Crippen molar-refractivity contribution in [1.82, 2.24) is 19.3 Å². The summed E-state index contributed by atoms with van der Waals surface area (Å²) in [6, 6.07) is 7.46. The quantitative estimate of drug-likeness (QED) is 0.686. The maximum atomic E-state index is 13.1. The Hall–Kier alpha value is -2.61. The number of benzene rings is 1. The number of fused-ring (bicyclic) bond motifs is 2. The summed E-state index contributed by atoms with van der Waals surface area (Å²) >= 11 is 1.51. The molecule has 1 aliphatic rings. The highest BCUT2D eigenvalue weighted by Gasteiger charge is 2.30. The first kappa shape index (κ1) is 18.7. The summed E-state index contributed by atoms with van der Waals surface area (Å²) in [5, 5.41) is 8.43. The van der Waals surface area contributed by atoms with Crippen LogP contribution >= 0.6 is 11.8 Å². The molecule has 1 N–H and O–H groups in total. The Morgan fingerprint density at radius 2 is 2.14 bits per heavy atom. The van der Waals surface area contributed by atoms with Crippen molar-refractivity contribution in [3.05, 3.63) is 46.4 Å². The third-order valence-electron chi connectivity index (χ3n) is 4.73. The number of anilines is 1. The lowest BCUT2D eigenvalue weighted by Gasteiger charge is -2.20. The Labute approximate surface area is 167 Å². The average molecular weight is 398 g/mol. The van der Waals surface area contributed by atoms with Gasteiger partial charge in [-0.3, -0.25) is 14.2 Å². The number of amides is 1. The minimum absolute atomic E-state index is 0.110. The normalized spacial score (nSPS) is 16.4. The summed E-state index contributed by atoms with van der Waals surface area (Å²) in [6.45, 7) is 8.06. The predicted molar refractivity (Wildman–Crippen MR) is 111 cm³/mol. The summed E-state index contributed by atoms with van der Waals surface area (Å²) in [6.07, 6.45) is 1.81. The second-order valence-corrected chi connectivity index (χ2v) is 9.11. The van der Waals surface area contributed by atoms with Crippen molar-refractivity contribution in [2.75, 3.05) is 11.1 Å². The number of thioether (sulfide) groups is 1. The summed E-state index contributed by atoms with van der Waals surface area (Å²) < 4.78 is 3.43. The van der Waals surface area contributed by atoms with E-state index in [1.54, 1.807) is 15.4 Å². The molecule has 1 atom stereocenters. The standard InChI is InChI=1S/C20H23N5O2S/c1-12-6-5-7-13(8-12)22-16(26)9-14-11-28-19-23-17-15(18(27)24(14)19)10-21-25(17)20(2,3)4/h5-8,10,14H,9,11H2,1-4H3,(H,22,26). The maximum Gasteiger partial charge on any atom is 0.265 e. The van der Waals surface area contributed by atoms with E-state index < -0.39 is 0 Å². The maximum absolute atomic E-state index is 13.1. The van der Waals surface area contributed by atoms with Crippen molar-refractivity contribution in [3.8, 4) is 0 Å². The minimum Gasteiger partial charge on any atom is -0.326 e. The number of nitrogens with one attached hydrogen (secondary N) is 1. The second kappa shape index (κ2) is 6.77. The number of carbonyl (C=O) groups excluding carboxylic acids is 1. The number of carbonyl (C=O) groups is 1. The molecule has 8 heteroatoms. The van der Waals surface area contributed by atoms with Gasteiger partial charge in [0, 0.05) is 17.9 Å². The zero-order chi connectivity index (χ0) is 20.1. The van der Waals surface area contributed by atoms with Crippen LogP contribution in [0.5, 0.6) is 0 Å². The van der Waals surface area contributed by atoms with E-state index >= 15 is 0 Å². The van der Waals surface area contributed by atoms with Crippen molar-refractivity contribution in [2.24, 2.45) is 0 Å². The Balaban J connectivity index is 1.62. The molecule has 1 unspecified atom stereocenters. The van der Waals surface area contributed by atoms with Crippen molar-refractivity contribution in [3.63, 3.8) is 0 Å². The molecule has 0 saturated heterocycles. The molecule has 0 saturated carbocycles. The van der Waals surface area contributed by atoms with Gasteiger partial charge >= 0.3 is 0 Å². The number of hydrogen-bond donors (Lipinski definition) is 1. The molecule has 1 aromatic carbocycles. The van der Waals surface area contributed by atoms with Gasteiger partial charge in [0.2, 0.25) is 5.91 Å². The highest BCUT2D eigenvalue weighted by atomic mass is 32.2. The average Bonchev–Trinajstić information content (AvgIpc) is 3.19. The monoisotopic (exact) mass is 397 g/mol. The van der Waals surface area contributed by atoms with Gasteiger partial charge < -0.3 is 5.32 Å². The van der Waals surface area contributed by atoms with Crippen molar-refractivity contribution >= 4 is 34.4 Å². The molecular weight excluding hydrogens is 374 g/mol. The lowest BCUT2D eigenvalue weighted by atomic mass is 10.1. The molecule has 3 heterocycles. The fraction of sp³-hybridized carbons (Fsp3) is 0.400. The smallest absolute Gasteiger partial charge is 0.265 e. The molecule has 0 radical (unpaired) electrons. The highest BCUT2D eigenvalue weighted by Crippen LogP contribution is 2.33. The van der Waals surface area contributed by atoms with Crippen LogP contribution in [0.2, 0.25) is 0 Å². The molecule has 0 fully saturated rings. The first-order chi connectivity index (χ1) is 13.2. The molecule has 146 valence electrons. The number of hydrogen-bond acceptors (Lipinski definition) is 5. The van der Waals surface area contributed by atoms with Crippen LogP contribution in [-0.4, -0.2) is 31.0 Å². The number of aromatic nitrogens is 4. The van der Waals surface area contributed by atoms with Gasteiger partial charge in [0.05, 0.1) is 17.8 Å². The van der Waals surface area contributed by atoms with Crippen LogP contribution in [0.1, 0.15) is 38.8 Å². The van der Waals surface area contributed by atoms with Gasteiger partial charge in [0.15, 0.2) is 10.8 Å². The van der Waals surface area contributed by atoms with E-state index in [1.807, 2.05) is 52.0 Å². The van der Waals surface area contributed by atoms with Gasteiger partial charge in [-0.2, -0.15) is 5.10 Å². The van der Waals surface area contributed by atoms with Crippen LogP contribution in [0.25, 0.3) is 11.0 Å². The lowest BCUT2D eigenvalue weighted by molar-refractivity contribution is -0.116. The number of nitrogens with zero attached hydrogens (tertiary/aromatic N) is 4. The topological polar surface area (TPSA) is 81.8 Å². The van der Waals surface area contributed by atoms with Gasteiger partial charge in [0.1, 0.15) is 5.39 Å². The third-order valence-corrected chi connectivity index (χ3v) is 5.83. The largest absolute Gasteiger partial charge is 0.326 e. The Morgan fingerprint density at radius 3 is 2.86 bits per heavy atom. The Kier molecular flexibility index (Phi) is 4.53. The Morgan fingerprint density at radius 1 is 1.36 bits per heavy atom. The molecule has 0 bridgehead atoms. The molecule has 7 nitrogen and oxygen atoms in total. The van der Waals surface area contributed by atoms with Crippen molar-refractivity contribution in [1.29, 1.82) is 0 Å². The fourth-order valence-electron chi connectivity index (χ4n) is 3.42. The van der Waals surface area contributed by atoms with Gasteiger partial charge in [-0.1, -0.05) is 23.9 Å². The van der Waals surface area contributed by atoms with Gasteiger partial charge in [-0.15, -0.1) is 0 Å². The summed E-state index contributed by atoms with van der Waals surface area (Å²) in [5.41, 5.74) is 2.05. The lowest BCUT2D eigenvalue weighted by Crippen LogP contribution is -2.29. The third kappa shape index (κ3) is 3.32. The molecule has 3 aromatic rings. The van der Waals surface area contributed by atoms with E-state index in [0.29, 0.717) is 21.9 Å². The van der Waals surface area contributed by atoms with E-state index in [-0.39, 0.29) is 29.5 Å². The van der Waals surface area contributed by atoms with Crippen molar-refractivity contribution in [2.45, 2.75) is 50.9 Å². The fourth-order valence-corrected chi connectivity index (χ4v) is 4.55. The number of aryl methyl sites for hydroxylation is 1. The van der Waals surface area contributed by atoms with E-state index in [0.717, 1.165) is 11.3 Å². The molecule has 1 aliphatic heterocycles. The Bertz CT molecular complexity index is 1130. The van der Waals surface area contributed by atoms with Gasteiger partial charge in [-0.25, -0.2) is 9.67 Å². The molecule has 4 rings (SSSR count). The van der Waals surface area contributed by atoms with Crippen LogP contribution in [0.15, 0.2) is 40.4 Å². The van der Waals surface area contributed by atoms with E-state index in [1.165, 1.54) is 11.8 Å².